The zero-order chi connectivity index (χ0) is 13.7. The molecule has 19 heavy (non-hydrogen) atoms. The molecular formula is C17H23NO. The minimum atomic E-state index is 0.662. The van der Waals surface area contributed by atoms with Crippen molar-refractivity contribution in [1.29, 1.82) is 0 Å². The molecule has 2 heteroatoms. The van der Waals surface area contributed by atoms with Gasteiger partial charge in [-0.15, -0.1) is 0 Å². The van der Waals surface area contributed by atoms with Gasteiger partial charge in [-0.2, -0.15) is 0 Å². The van der Waals surface area contributed by atoms with E-state index in [-0.39, 0.29) is 0 Å². The maximum atomic E-state index is 11.3. The van der Waals surface area contributed by atoms with Gasteiger partial charge in [0.05, 0.1) is 5.69 Å². The fraction of sp³-hybridized carbons (Fsp3) is 0.471. The lowest BCUT2D eigenvalue weighted by atomic mass is 9.99. The Morgan fingerprint density at radius 2 is 2.05 bits per heavy atom. The summed E-state index contributed by atoms with van der Waals surface area (Å²) in [4.78, 5) is 11.3. The van der Waals surface area contributed by atoms with Crippen molar-refractivity contribution in [1.82, 2.24) is 4.57 Å². The van der Waals surface area contributed by atoms with Crippen LogP contribution in [0.3, 0.4) is 0 Å². The van der Waals surface area contributed by atoms with Crippen molar-refractivity contribution >= 4 is 17.2 Å². The minimum Gasteiger partial charge on any atom is -0.338 e. The van der Waals surface area contributed by atoms with E-state index in [9.17, 15) is 4.79 Å². The third kappa shape index (κ3) is 3.06. The molecule has 102 valence electrons. The van der Waals surface area contributed by atoms with E-state index in [2.05, 4.69) is 30.5 Å². The first kappa shape index (κ1) is 13.9. The van der Waals surface area contributed by atoms with Gasteiger partial charge in [-0.3, -0.25) is 4.79 Å². The minimum absolute atomic E-state index is 0.662. The summed E-state index contributed by atoms with van der Waals surface area (Å²) in [6.07, 6.45) is 5.91. The molecule has 2 nitrogen and oxygen atoms in total. The van der Waals surface area contributed by atoms with Crippen molar-refractivity contribution < 1.29 is 4.79 Å². The normalized spacial score (nSPS) is 12.7. The smallest absolute Gasteiger partial charge is 0.166 e. The first-order chi connectivity index (χ1) is 9.30. The van der Waals surface area contributed by atoms with Gasteiger partial charge in [-0.1, -0.05) is 51.3 Å². The number of fused-ring (bicyclic) bond motifs is 1. The Morgan fingerprint density at radius 1 is 1.26 bits per heavy atom. The second-order valence-corrected chi connectivity index (χ2v) is 5.27. The molecule has 0 spiro atoms. The molecule has 1 atom stereocenters. The average Bonchev–Trinajstić information content (AvgIpc) is 2.81. The van der Waals surface area contributed by atoms with Crippen molar-refractivity contribution in [3.05, 3.63) is 36.0 Å². The third-order valence-corrected chi connectivity index (χ3v) is 3.95. The first-order valence-electron chi connectivity index (χ1n) is 7.33. The number of benzene rings is 1. The number of unbranched alkanes of at least 4 members (excludes halogenated alkanes) is 1. The quantitative estimate of drug-likeness (QED) is 0.661. The highest BCUT2D eigenvalue weighted by Gasteiger charge is 2.12. The van der Waals surface area contributed by atoms with E-state index in [1.807, 2.05) is 18.2 Å². The molecule has 1 unspecified atom stereocenters. The Morgan fingerprint density at radius 3 is 2.74 bits per heavy atom. The Hall–Kier alpha value is -1.57. The van der Waals surface area contributed by atoms with Gasteiger partial charge in [0, 0.05) is 17.4 Å². The summed E-state index contributed by atoms with van der Waals surface area (Å²) < 4.78 is 2.19. The van der Waals surface area contributed by atoms with Crippen molar-refractivity contribution in [3.63, 3.8) is 0 Å². The lowest BCUT2D eigenvalue weighted by Gasteiger charge is -2.17. The third-order valence-electron chi connectivity index (χ3n) is 3.95. The molecule has 2 aromatic rings. The first-order valence-corrected chi connectivity index (χ1v) is 7.33. The molecule has 0 amide bonds. The maximum absolute atomic E-state index is 11.3. The van der Waals surface area contributed by atoms with Crippen molar-refractivity contribution in [2.24, 2.45) is 5.92 Å². The van der Waals surface area contributed by atoms with Crippen LogP contribution in [0.5, 0.6) is 0 Å². The van der Waals surface area contributed by atoms with Crippen molar-refractivity contribution in [3.8, 4) is 0 Å². The van der Waals surface area contributed by atoms with Crippen molar-refractivity contribution in [2.45, 2.75) is 46.1 Å². The van der Waals surface area contributed by atoms with Crippen LogP contribution >= 0.6 is 0 Å². The highest BCUT2D eigenvalue weighted by atomic mass is 16.1. The summed E-state index contributed by atoms with van der Waals surface area (Å²) in [7, 11) is 0. The summed E-state index contributed by atoms with van der Waals surface area (Å²) in [6.45, 7) is 5.43. The van der Waals surface area contributed by atoms with E-state index in [1.54, 1.807) is 0 Å². The summed E-state index contributed by atoms with van der Waals surface area (Å²) in [6, 6.07) is 10.2. The topological polar surface area (TPSA) is 22.0 Å². The Kier molecular flexibility index (Phi) is 4.78. The summed E-state index contributed by atoms with van der Waals surface area (Å²) in [5, 5.41) is 1.16. The SMILES string of the molecule is CCCCC(CC)Cn1c(C=O)cc2ccccc21. The van der Waals surface area contributed by atoms with Crippen LogP contribution in [0, 0.1) is 5.92 Å². The van der Waals surface area contributed by atoms with E-state index < -0.39 is 0 Å². The van der Waals surface area contributed by atoms with Gasteiger partial charge in [0.25, 0.3) is 0 Å². The molecule has 0 saturated heterocycles. The van der Waals surface area contributed by atoms with Crippen LogP contribution in [-0.2, 0) is 6.54 Å². The van der Waals surface area contributed by atoms with Crippen LogP contribution < -0.4 is 0 Å². The number of rotatable bonds is 7. The lowest BCUT2D eigenvalue weighted by Crippen LogP contribution is -2.12. The molecule has 0 aliphatic heterocycles. The van der Waals surface area contributed by atoms with E-state index in [0.717, 1.165) is 23.9 Å². The van der Waals surface area contributed by atoms with Crippen LogP contribution in [-0.4, -0.2) is 10.9 Å². The number of aromatic nitrogens is 1. The molecular weight excluding hydrogens is 234 g/mol. The lowest BCUT2D eigenvalue weighted by molar-refractivity contribution is 0.111. The Labute approximate surface area is 115 Å². The number of para-hydroxylation sites is 1. The van der Waals surface area contributed by atoms with Gasteiger partial charge in [0.15, 0.2) is 6.29 Å². The van der Waals surface area contributed by atoms with Crippen LogP contribution in [0.1, 0.15) is 50.0 Å². The van der Waals surface area contributed by atoms with Crippen LogP contribution in [0.2, 0.25) is 0 Å². The number of hydrogen-bond acceptors (Lipinski definition) is 1. The van der Waals surface area contributed by atoms with Crippen LogP contribution in [0.4, 0.5) is 0 Å². The highest BCUT2D eigenvalue weighted by Crippen LogP contribution is 2.23. The second-order valence-electron chi connectivity index (χ2n) is 5.27. The molecule has 1 aromatic heterocycles. The molecule has 2 rings (SSSR count). The molecule has 1 aromatic carbocycles. The fourth-order valence-corrected chi connectivity index (χ4v) is 2.71. The largest absolute Gasteiger partial charge is 0.338 e. The number of aldehydes is 1. The molecule has 0 N–H and O–H groups in total. The zero-order valence-corrected chi connectivity index (χ0v) is 11.9. The molecule has 0 saturated carbocycles. The van der Waals surface area contributed by atoms with Gasteiger partial charge in [0.2, 0.25) is 0 Å². The summed E-state index contributed by atoms with van der Waals surface area (Å²) >= 11 is 0. The number of carbonyl (C=O) groups excluding carboxylic acids is 1. The molecule has 0 fully saturated rings. The van der Waals surface area contributed by atoms with Crippen LogP contribution in [0.25, 0.3) is 10.9 Å². The molecule has 0 bridgehead atoms. The molecule has 1 heterocycles. The Bertz CT molecular complexity index is 541. The summed E-state index contributed by atoms with van der Waals surface area (Å²) in [5.41, 5.74) is 1.98. The standard InChI is InChI=1S/C17H23NO/c1-3-5-8-14(4-2)12-18-16(13-19)11-15-9-6-7-10-17(15)18/h6-7,9-11,13-14H,3-5,8,12H2,1-2H3. The van der Waals surface area contributed by atoms with Crippen molar-refractivity contribution in [2.75, 3.05) is 0 Å². The fourth-order valence-electron chi connectivity index (χ4n) is 2.71. The number of carbonyl (C=O) groups is 1. The van der Waals surface area contributed by atoms with E-state index in [1.165, 1.54) is 31.2 Å². The average molecular weight is 257 g/mol. The van der Waals surface area contributed by atoms with Gasteiger partial charge in [-0.25, -0.2) is 0 Å². The van der Waals surface area contributed by atoms with E-state index in [4.69, 9.17) is 0 Å². The molecule has 0 aliphatic carbocycles. The molecule has 0 aliphatic rings. The highest BCUT2D eigenvalue weighted by molar-refractivity contribution is 5.88. The van der Waals surface area contributed by atoms with E-state index in [0.29, 0.717) is 5.92 Å². The summed E-state index contributed by atoms with van der Waals surface area (Å²) in [5.74, 6) is 0.662. The van der Waals surface area contributed by atoms with Gasteiger partial charge < -0.3 is 4.57 Å². The maximum Gasteiger partial charge on any atom is 0.166 e. The molecule has 0 radical (unpaired) electrons. The number of nitrogens with zero attached hydrogens (tertiary/aromatic N) is 1. The predicted octanol–water partition coefficient (Wildman–Crippen LogP) is 4.67. The predicted molar refractivity (Wildman–Crippen MR) is 80.6 cm³/mol. The number of hydrogen-bond donors (Lipinski definition) is 0. The van der Waals surface area contributed by atoms with Crippen LogP contribution in [0.15, 0.2) is 30.3 Å². The van der Waals surface area contributed by atoms with Gasteiger partial charge >= 0.3 is 0 Å². The van der Waals surface area contributed by atoms with Gasteiger partial charge in [-0.05, 0) is 24.5 Å². The second kappa shape index (κ2) is 6.55. The Balaban J connectivity index is 2.29. The zero-order valence-electron chi connectivity index (χ0n) is 11.9. The van der Waals surface area contributed by atoms with E-state index >= 15 is 0 Å². The monoisotopic (exact) mass is 257 g/mol. The van der Waals surface area contributed by atoms with Gasteiger partial charge in [0.1, 0.15) is 0 Å².